The summed E-state index contributed by atoms with van der Waals surface area (Å²) < 4.78 is 0. The molecule has 2 amide bonds. The second kappa shape index (κ2) is 12.1. The monoisotopic (exact) mass is 461 g/mol. The van der Waals surface area contributed by atoms with Gasteiger partial charge in [-0.25, -0.2) is 0 Å². The van der Waals surface area contributed by atoms with Crippen molar-refractivity contribution >= 4 is 23.6 Å². The van der Waals surface area contributed by atoms with Crippen LogP contribution in [0.4, 0.5) is 5.69 Å². The minimum atomic E-state index is -0.111. The molecule has 5 nitrogen and oxygen atoms in total. The van der Waals surface area contributed by atoms with Crippen LogP contribution in [0.5, 0.6) is 0 Å². The van der Waals surface area contributed by atoms with Crippen LogP contribution in [0.3, 0.4) is 0 Å². The standard InChI is InChI=1S/C30H27N3O2/c34-29(32-22-27-12-7-19-31-21-27)20-25-13-16-28(17-14-25)33(23-26-10-5-2-6-11-26)30(35)18-15-24-8-3-1-4-9-24/h1-19,21H,20,22-23H2,(H,32,34)/b18-15+. The number of benzene rings is 3. The fourth-order valence-electron chi connectivity index (χ4n) is 3.63. The molecule has 0 unspecified atom stereocenters. The van der Waals surface area contributed by atoms with Gasteiger partial charge in [0.1, 0.15) is 0 Å². The Morgan fingerprint density at radius 2 is 1.46 bits per heavy atom. The highest BCUT2D eigenvalue weighted by Gasteiger charge is 2.14. The van der Waals surface area contributed by atoms with Crippen molar-refractivity contribution in [1.29, 1.82) is 0 Å². The summed E-state index contributed by atoms with van der Waals surface area (Å²) in [5.41, 5.74) is 4.61. The Morgan fingerprint density at radius 3 is 2.14 bits per heavy atom. The van der Waals surface area contributed by atoms with E-state index < -0.39 is 0 Å². The Balaban J connectivity index is 1.45. The minimum absolute atomic E-state index is 0.0652. The summed E-state index contributed by atoms with van der Waals surface area (Å²) in [5.74, 6) is -0.177. The Morgan fingerprint density at radius 1 is 0.771 bits per heavy atom. The molecule has 3 aromatic carbocycles. The number of hydrogen-bond donors (Lipinski definition) is 1. The highest BCUT2D eigenvalue weighted by molar-refractivity contribution is 6.03. The molecular formula is C30H27N3O2. The van der Waals surface area contributed by atoms with E-state index in [1.54, 1.807) is 23.4 Å². The smallest absolute Gasteiger partial charge is 0.251 e. The number of aromatic nitrogens is 1. The van der Waals surface area contributed by atoms with E-state index in [1.165, 1.54) is 0 Å². The van der Waals surface area contributed by atoms with Gasteiger partial charge in [0.2, 0.25) is 5.91 Å². The molecule has 5 heteroatoms. The second-order valence-electron chi connectivity index (χ2n) is 8.14. The predicted molar refractivity (Wildman–Crippen MR) is 139 cm³/mol. The zero-order valence-corrected chi connectivity index (χ0v) is 19.4. The van der Waals surface area contributed by atoms with Gasteiger partial charge in [-0.05, 0) is 46.5 Å². The largest absolute Gasteiger partial charge is 0.352 e. The average molecular weight is 462 g/mol. The zero-order valence-electron chi connectivity index (χ0n) is 19.4. The highest BCUT2D eigenvalue weighted by Crippen LogP contribution is 2.20. The van der Waals surface area contributed by atoms with Gasteiger partial charge in [0.05, 0.1) is 13.0 Å². The zero-order chi connectivity index (χ0) is 24.3. The first-order valence-corrected chi connectivity index (χ1v) is 11.5. The van der Waals surface area contributed by atoms with Crippen LogP contribution in [-0.2, 0) is 29.1 Å². The van der Waals surface area contributed by atoms with Crippen molar-refractivity contribution in [2.75, 3.05) is 4.90 Å². The summed E-state index contributed by atoms with van der Waals surface area (Å²) in [5, 5.41) is 2.92. The summed E-state index contributed by atoms with van der Waals surface area (Å²) in [6, 6.07) is 31.0. The number of pyridine rings is 1. The quantitative estimate of drug-likeness (QED) is 0.349. The SMILES string of the molecule is O=C(Cc1ccc(N(Cc2ccccc2)C(=O)/C=C/c2ccccc2)cc1)NCc1cccnc1. The van der Waals surface area contributed by atoms with E-state index in [9.17, 15) is 9.59 Å². The van der Waals surface area contributed by atoms with Crippen molar-refractivity contribution in [1.82, 2.24) is 10.3 Å². The lowest BCUT2D eigenvalue weighted by Gasteiger charge is -2.22. The third kappa shape index (κ3) is 7.24. The molecule has 35 heavy (non-hydrogen) atoms. The van der Waals surface area contributed by atoms with E-state index in [0.29, 0.717) is 13.1 Å². The van der Waals surface area contributed by atoms with Gasteiger partial charge in [0, 0.05) is 30.7 Å². The van der Waals surface area contributed by atoms with E-state index >= 15 is 0 Å². The van der Waals surface area contributed by atoms with Crippen LogP contribution in [-0.4, -0.2) is 16.8 Å². The van der Waals surface area contributed by atoms with Gasteiger partial charge in [-0.3, -0.25) is 14.6 Å². The fourth-order valence-corrected chi connectivity index (χ4v) is 3.63. The number of carbonyl (C=O) groups excluding carboxylic acids is 2. The first-order valence-electron chi connectivity index (χ1n) is 11.5. The van der Waals surface area contributed by atoms with Crippen molar-refractivity contribution in [3.05, 3.63) is 138 Å². The normalized spacial score (nSPS) is 10.7. The number of rotatable bonds is 9. The van der Waals surface area contributed by atoms with Crippen molar-refractivity contribution in [3.63, 3.8) is 0 Å². The van der Waals surface area contributed by atoms with Gasteiger partial charge in [-0.1, -0.05) is 78.9 Å². The van der Waals surface area contributed by atoms with Crippen LogP contribution < -0.4 is 10.2 Å². The number of carbonyl (C=O) groups is 2. The van der Waals surface area contributed by atoms with E-state index in [4.69, 9.17) is 0 Å². The predicted octanol–water partition coefficient (Wildman–Crippen LogP) is 5.19. The molecule has 0 atom stereocenters. The molecule has 0 saturated heterocycles. The van der Waals surface area contributed by atoms with Gasteiger partial charge in [0.15, 0.2) is 0 Å². The van der Waals surface area contributed by atoms with Gasteiger partial charge >= 0.3 is 0 Å². The lowest BCUT2D eigenvalue weighted by Crippen LogP contribution is -2.28. The van der Waals surface area contributed by atoms with Crippen LogP contribution in [0.15, 0.2) is 116 Å². The summed E-state index contributed by atoms with van der Waals surface area (Å²) in [6.45, 7) is 0.890. The first-order chi connectivity index (χ1) is 17.2. The molecule has 0 saturated carbocycles. The van der Waals surface area contributed by atoms with Crippen LogP contribution in [0, 0.1) is 0 Å². The Hall–Kier alpha value is -4.51. The van der Waals surface area contributed by atoms with Crippen molar-refractivity contribution in [2.24, 2.45) is 0 Å². The summed E-state index contributed by atoms with van der Waals surface area (Å²) >= 11 is 0. The summed E-state index contributed by atoms with van der Waals surface area (Å²) in [6.07, 6.45) is 7.12. The summed E-state index contributed by atoms with van der Waals surface area (Å²) in [7, 11) is 0. The fraction of sp³-hybridized carbons (Fsp3) is 0.100. The van der Waals surface area contributed by atoms with Crippen LogP contribution >= 0.6 is 0 Å². The lowest BCUT2D eigenvalue weighted by molar-refractivity contribution is -0.120. The third-order valence-corrected chi connectivity index (χ3v) is 5.49. The number of hydrogen-bond acceptors (Lipinski definition) is 3. The first kappa shape index (κ1) is 23.6. The van der Waals surface area contributed by atoms with Crippen molar-refractivity contribution in [3.8, 4) is 0 Å². The Labute approximate surface area is 205 Å². The van der Waals surface area contributed by atoms with Crippen molar-refractivity contribution in [2.45, 2.75) is 19.5 Å². The highest BCUT2D eigenvalue weighted by atomic mass is 16.2. The average Bonchev–Trinajstić information content (AvgIpc) is 2.91. The number of amides is 2. The van der Waals surface area contributed by atoms with Gasteiger partial charge in [0.25, 0.3) is 5.91 Å². The van der Waals surface area contributed by atoms with Gasteiger partial charge < -0.3 is 10.2 Å². The topological polar surface area (TPSA) is 62.3 Å². The minimum Gasteiger partial charge on any atom is -0.352 e. The maximum Gasteiger partial charge on any atom is 0.251 e. The van der Waals surface area contributed by atoms with E-state index in [-0.39, 0.29) is 18.2 Å². The lowest BCUT2D eigenvalue weighted by atomic mass is 10.1. The molecule has 1 aromatic heterocycles. The molecule has 0 fully saturated rings. The molecule has 0 radical (unpaired) electrons. The molecular weight excluding hydrogens is 434 g/mol. The second-order valence-corrected chi connectivity index (χ2v) is 8.14. The summed E-state index contributed by atoms with van der Waals surface area (Å²) in [4.78, 5) is 31.3. The number of nitrogens with one attached hydrogen (secondary N) is 1. The van der Waals surface area contributed by atoms with Crippen LogP contribution in [0.2, 0.25) is 0 Å². The molecule has 1 N–H and O–H groups in total. The van der Waals surface area contributed by atoms with Crippen molar-refractivity contribution < 1.29 is 9.59 Å². The molecule has 0 spiro atoms. The molecule has 0 aliphatic carbocycles. The van der Waals surface area contributed by atoms with Crippen LogP contribution in [0.25, 0.3) is 6.08 Å². The molecule has 174 valence electrons. The molecule has 0 bridgehead atoms. The number of nitrogens with zero attached hydrogens (tertiary/aromatic N) is 2. The van der Waals surface area contributed by atoms with Gasteiger partial charge in [-0.2, -0.15) is 0 Å². The Bertz CT molecular complexity index is 1260. The Kier molecular flexibility index (Phi) is 8.17. The molecule has 0 aliphatic rings. The van der Waals surface area contributed by atoms with E-state index in [1.807, 2.05) is 103 Å². The van der Waals surface area contributed by atoms with E-state index in [2.05, 4.69) is 10.3 Å². The third-order valence-electron chi connectivity index (χ3n) is 5.49. The van der Waals surface area contributed by atoms with Crippen LogP contribution in [0.1, 0.15) is 22.3 Å². The van der Waals surface area contributed by atoms with Gasteiger partial charge in [-0.15, -0.1) is 0 Å². The molecule has 0 aliphatic heterocycles. The maximum absolute atomic E-state index is 13.2. The molecule has 1 heterocycles. The maximum atomic E-state index is 13.2. The van der Waals surface area contributed by atoms with E-state index in [0.717, 1.165) is 27.9 Å². The number of anilines is 1. The molecule has 4 aromatic rings. The molecule has 4 rings (SSSR count).